The number of thiazole rings is 1. The van der Waals surface area contributed by atoms with E-state index in [-0.39, 0.29) is 12.5 Å². The number of nitrogens with one attached hydrogen (secondary N) is 2. The number of carbonyl (C=O) groups excluding carboxylic acids is 2. The highest BCUT2D eigenvalue weighted by Gasteiger charge is 2.13. The van der Waals surface area contributed by atoms with Crippen molar-refractivity contribution in [3.05, 3.63) is 45.4 Å². The predicted molar refractivity (Wildman–Crippen MR) is 96.3 cm³/mol. The number of amides is 3. The molecule has 0 saturated heterocycles. The van der Waals surface area contributed by atoms with E-state index in [1.165, 1.54) is 0 Å². The Morgan fingerprint density at radius 3 is 2.67 bits per heavy atom. The summed E-state index contributed by atoms with van der Waals surface area (Å²) in [5.41, 5.74) is 3.69. The smallest absolute Gasteiger partial charge is 0.307 e. The Hall–Kier alpha value is -2.25. The molecule has 7 heteroatoms. The number of aromatic nitrogens is 1. The molecule has 0 radical (unpaired) electrons. The highest BCUT2D eigenvalue weighted by molar-refractivity contribution is 7.09. The second kappa shape index (κ2) is 8.03. The van der Waals surface area contributed by atoms with E-state index in [1.807, 2.05) is 56.3 Å². The van der Waals surface area contributed by atoms with Crippen molar-refractivity contribution in [2.24, 2.45) is 0 Å². The number of aryl methyl sites for hydroxylation is 2. The van der Waals surface area contributed by atoms with Gasteiger partial charge in [-0.2, -0.15) is 0 Å². The molecule has 6 nitrogen and oxygen atoms in total. The first-order valence-corrected chi connectivity index (χ1v) is 8.49. The zero-order chi connectivity index (χ0) is 17.7. The largest absolute Gasteiger partial charge is 0.325 e. The van der Waals surface area contributed by atoms with E-state index in [0.29, 0.717) is 12.2 Å². The third-order valence-corrected chi connectivity index (χ3v) is 4.44. The molecule has 0 spiro atoms. The van der Waals surface area contributed by atoms with E-state index in [0.717, 1.165) is 21.8 Å². The van der Waals surface area contributed by atoms with E-state index < -0.39 is 6.03 Å². The molecule has 0 fully saturated rings. The maximum atomic E-state index is 12.0. The molecule has 2 aromatic rings. The maximum Gasteiger partial charge on any atom is 0.325 e. The molecule has 0 unspecified atom stereocenters. The van der Waals surface area contributed by atoms with Gasteiger partial charge in [-0.05, 0) is 45.0 Å². The summed E-state index contributed by atoms with van der Waals surface area (Å²) >= 11 is 1.58. The fraction of sp³-hybridized carbons (Fsp3) is 0.353. The van der Waals surface area contributed by atoms with E-state index in [1.54, 1.807) is 11.3 Å². The molecule has 1 heterocycles. The lowest BCUT2D eigenvalue weighted by atomic mass is 10.1. The summed E-state index contributed by atoms with van der Waals surface area (Å²) in [7, 11) is 1.82. The van der Waals surface area contributed by atoms with Crippen molar-refractivity contribution in [1.82, 2.24) is 15.2 Å². The summed E-state index contributed by atoms with van der Waals surface area (Å²) in [5, 5.41) is 8.02. The Kier molecular flexibility index (Phi) is 6.05. The van der Waals surface area contributed by atoms with Crippen LogP contribution in [-0.2, 0) is 11.3 Å². The lowest BCUT2D eigenvalue weighted by Gasteiger charge is -2.15. The number of rotatable bonds is 5. The number of urea groups is 1. The van der Waals surface area contributed by atoms with Crippen LogP contribution in [0.3, 0.4) is 0 Å². The summed E-state index contributed by atoms with van der Waals surface area (Å²) < 4.78 is 0. The lowest BCUT2D eigenvalue weighted by molar-refractivity contribution is -0.120. The fourth-order valence-electron chi connectivity index (χ4n) is 2.26. The normalized spacial score (nSPS) is 10.7. The third-order valence-electron chi connectivity index (χ3n) is 3.62. The van der Waals surface area contributed by atoms with Crippen molar-refractivity contribution >= 4 is 29.0 Å². The fourth-order valence-corrected chi connectivity index (χ4v) is 2.87. The number of nitrogens with zero attached hydrogens (tertiary/aromatic N) is 2. The average molecular weight is 346 g/mol. The Morgan fingerprint density at radius 2 is 2.00 bits per heavy atom. The second-order valence-electron chi connectivity index (χ2n) is 5.78. The summed E-state index contributed by atoms with van der Waals surface area (Å²) in [6, 6.07) is 5.12. The van der Waals surface area contributed by atoms with Gasteiger partial charge < -0.3 is 5.32 Å². The number of hydrogen-bond acceptors (Lipinski definition) is 5. The molecule has 0 saturated carbocycles. The van der Waals surface area contributed by atoms with Crippen LogP contribution in [0.4, 0.5) is 10.5 Å². The highest BCUT2D eigenvalue weighted by Crippen LogP contribution is 2.17. The molecule has 0 atom stereocenters. The van der Waals surface area contributed by atoms with E-state index in [4.69, 9.17) is 0 Å². The van der Waals surface area contributed by atoms with Gasteiger partial charge in [0.05, 0.1) is 17.2 Å². The van der Waals surface area contributed by atoms with Crippen LogP contribution in [0.5, 0.6) is 0 Å². The quantitative estimate of drug-likeness (QED) is 0.873. The number of carbonyl (C=O) groups is 2. The number of hydrogen-bond donors (Lipinski definition) is 2. The van der Waals surface area contributed by atoms with Gasteiger partial charge in [-0.15, -0.1) is 11.3 Å². The number of benzene rings is 1. The molecule has 2 rings (SSSR count). The van der Waals surface area contributed by atoms with Crippen LogP contribution in [0, 0.1) is 20.8 Å². The summed E-state index contributed by atoms with van der Waals surface area (Å²) in [6.07, 6.45) is 0. The minimum Gasteiger partial charge on any atom is -0.307 e. The molecular weight excluding hydrogens is 324 g/mol. The summed E-state index contributed by atoms with van der Waals surface area (Å²) in [6.45, 7) is 6.53. The van der Waals surface area contributed by atoms with Gasteiger partial charge in [0.15, 0.2) is 0 Å². The van der Waals surface area contributed by atoms with Crippen LogP contribution >= 0.6 is 11.3 Å². The van der Waals surface area contributed by atoms with Crippen molar-refractivity contribution in [3.63, 3.8) is 0 Å². The van der Waals surface area contributed by atoms with Crippen molar-refractivity contribution in [1.29, 1.82) is 0 Å². The molecule has 24 heavy (non-hydrogen) atoms. The van der Waals surface area contributed by atoms with Crippen LogP contribution in [0.15, 0.2) is 23.6 Å². The number of likely N-dealkylation sites (N-methyl/N-ethyl adjacent to an activating group) is 1. The zero-order valence-corrected chi connectivity index (χ0v) is 15.2. The molecule has 0 aliphatic carbocycles. The number of imide groups is 1. The van der Waals surface area contributed by atoms with Gasteiger partial charge in [0.2, 0.25) is 5.91 Å². The maximum absolute atomic E-state index is 12.0. The Bertz CT molecular complexity index is 742. The average Bonchev–Trinajstić information content (AvgIpc) is 2.88. The van der Waals surface area contributed by atoms with Gasteiger partial charge in [0.1, 0.15) is 0 Å². The van der Waals surface area contributed by atoms with Crippen molar-refractivity contribution < 1.29 is 9.59 Å². The highest BCUT2D eigenvalue weighted by atomic mass is 32.1. The van der Waals surface area contributed by atoms with Crippen LogP contribution in [0.2, 0.25) is 0 Å². The van der Waals surface area contributed by atoms with Gasteiger partial charge in [-0.25, -0.2) is 9.78 Å². The first kappa shape index (κ1) is 18.1. The second-order valence-corrected chi connectivity index (χ2v) is 6.84. The van der Waals surface area contributed by atoms with Crippen molar-refractivity contribution in [3.8, 4) is 0 Å². The topological polar surface area (TPSA) is 74.3 Å². The van der Waals surface area contributed by atoms with Crippen LogP contribution in [0.1, 0.15) is 21.8 Å². The molecule has 0 bridgehead atoms. The van der Waals surface area contributed by atoms with Gasteiger partial charge >= 0.3 is 6.03 Å². The molecule has 1 aromatic carbocycles. The van der Waals surface area contributed by atoms with E-state index in [2.05, 4.69) is 15.6 Å². The first-order valence-electron chi connectivity index (χ1n) is 7.61. The molecule has 2 N–H and O–H groups in total. The molecule has 0 aliphatic heterocycles. The zero-order valence-electron chi connectivity index (χ0n) is 14.3. The third kappa shape index (κ3) is 5.14. The minimum absolute atomic E-state index is 0.122. The number of anilines is 1. The van der Waals surface area contributed by atoms with Crippen molar-refractivity contribution in [2.45, 2.75) is 27.3 Å². The minimum atomic E-state index is -0.522. The summed E-state index contributed by atoms with van der Waals surface area (Å²) in [5.74, 6) is -0.354. The van der Waals surface area contributed by atoms with Crippen LogP contribution < -0.4 is 10.6 Å². The Labute approximate surface area is 145 Å². The molecule has 3 amide bonds. The Morgan fingerprint density at radius 1 is 1.25 bits per heavy atom. The van der Waals surface area contributed by atoms with Gasteiger partial charge in [-0.1, -0.05) is 12.1 Å². The van der Waals surface area contributed by atoms with Crippen molar-refractivity contribution in [2.75, 3.05) is 18.9 Å². The molecule has 0 aliphatic rings. The lowest BCUT2D eigenvalue weighted by Crippen LogP contribution is -2.40. The molecular formula is C17H22N4O2S. The summed E-state index contributed by atoms with van der Waals surface area (Å²) in [4.78, 5) is 30.1. The van der Waals surface area contributed by atoms with Gasteiger partial charge in [0.25, 0.3) is 0 Å². The predicted octanol–water partition coefficient (Wildman–Crippen LogP) is 2.85. The molecule has 1 aromatic heterocycles. The van der Waals surface area contributed by atoms with E-state index >= 15 is 0 Å². The SMILES string of the molecule is Cc1nc(CN(C)CC(=O)NC(=O)Nc2cccc(C)c2C)cs1. The van der Waals surface area contributed by atoms with Gasteiger partial charge in [0, 0.05) is 17.6 Å². The van der Waals surface area contributed by atoms with Gasteiger partial charge in [-0.3, -0.25) is 15.0 Å². The van der Waals surface area contributed by atoms with Crippen LogP contribution in [0.25, 0.3) is 0 Å². The standard InChI is InChI=1S/C17H22N4O2S/c1-11-6-5-7-15(12(11)2)19-17(23)20-16(22)9-21(4)8-14-10-24-13(3)18-14/h5-7,10H,8-9H2,1-4H3,(H2,19,20,22,23). The van der Waals surface area contributed by atoms with E-state index in [9.17, 15) is 9.59 Å². The Balaban J connectivity index is 1.83. The molecule has 128 valence electrons. The van der Waals surface area contributed by atoms with Crippen LogP contribution in [-0.4, -0.2) is 35.4 Å². The monoisotopic (exact) mass is 346 g/mol. The first-order chi connectivity index (χ1) is 11.3.